The van der Waals surface area contributed by atoms with Crippen LogP contribution >= 0.6 is 23.4 Å². The number of halogens is 1. The predicted molar refractivity (Wildman–Crippen MR) is 182 cm³/mol. The van der Waals surface area contributed by atoms with Gasteiger partial charge in [-0.05, 0) is 122 Å². The van der Waals surface area contributed by atoms with E-state index in [1.54, 1.807) is 30.2 Å². The Morgan fingerprint density at radius 1 is 1.17 bits per heavy atom. The quantitative estimate of drug-likeness (QED) is 0.141. The van der Waals surface area contributed by atoms with Crippen LogP contribution in [0.15, 0.2) is 71.7 Å². The first-order valence-electron chi connectivity index (χ1n) is 16.6. The van der Waals surface area contributed by atoms with Gasteiger partial charge in [-0.15, -0.1) is 0 Å². The third kappa shape index (κ3) is 6.41. The van der Waals surface area contributed by atoms with Crippen LogP contribution in [0.5, 0.6) is 5.75 Å². The molecule has 5 atom stereocenters. The molecule has 1 N–H and O–H groups in total. The predicted octanol–water partition coefficient (Wildman–Crippen LogP) is 7.86. The van der Waals surface area contributed by atoms with Crippen molar-refractivity contribution in [3.63, 3.8) is 0 Å². The van der Waals surface area contributed by atoms with Gasteiger partial charge in [0.2, 0.25) is 0 Å². The number of methoxy groups -OCH3 is 1. The van der Waals surface area contributed by atoms with E-state index in [1.807, 2.05) is 31.4 Å². The van der Waals surface area contributed by atoms with Crippen LogP contribution in [0.2, 0.25) is 5.02 Å². The number of carboxylic acid groups (broad SMARTS) is 1. The van der Waals surface area contributed by atoms with Crippen LogP contribution < -0.4 is 9.64 Å². The van der Waals surface area contributed by atoms with E-state index in [-0.39, 0.29) is 17.1 Å². The summed E-state index contributed by atoms with van der Waals surface area (Å²) in [6.07, 6.45) is 14.8. The summed E-state index contributed by atoms with van der Waals surface area (Å²) < 4.78 is 12.8. The third-order valence-electron chi connectivity index (χ3n) is 10.8. The van der Waals surface area contributed by atoms with Gasteiger partial charge in [-0.2, -0.15) is 0 Å². The zero-order chi connectivity index (χ0) is 31.7. The maximum Gasteiger partial charge on any atom is 0.335 e. The number of carboxylic acids is 1. The molecule has 0 saturated heterocycles. The first-order chi connectivity index (χ1) is 22.4. The molecule has 0 radical (unpaired) electrons. The molecule has 0 amide bonds. The van der Waals surface area contributed by atoms with Crippen molar-refractivity contribution in [3.05, 3.63) is 88.2 Å². The second kappa shape index (κ2) is 13.6. The molecule has 46 heavy (non-hydrogen) atoms. The summed E-state index contributed by atoms with van der Waals surface area (Å²) in [6.45, 7) is 2.19. The highest BCUT2D eigenvalue weighted by Gasteiger charge is 2.45. The van der Waals surface area contributed by atoms with Crippen LogP contribution in [-0.4, -0.2) is 59.7 Å². The van der Waals surface area contributed by atoms with Gasteiger partial charge < -0.3 is 19.5 Å². The van der Waals surface area contributed by atoms with Crippen LogP contribution in [0.3, 0.4) is 0 Å². The van der Waals surface area contributed by atoms with E-state index in [2.05, 4.69) is 33.1 Å². The average molecular weight is 660 g/mol. The van der Waals surface area contributed by atoms with Gasteiger partial charge in [-0.25, -0.2) is 14.8 Å². The van der Waals surface area contributed by atoms with Crippen molar-refractivity contribution < 1.29 is 19.4 Å². The topological polar surface area (TPSA) is 84.8 Å². The number of allylic oxidation sites excluding steroid dienone is 1. The summed E-state index contributed by atoms with van der Waals surface area (Å²) in [4.78, 5) is 23.2. The lowest BCUT2D eigenvalue weighted by Gasteiger charge is -2.47. The summed E-state index contributed by atoms with van der Waals surface area (Å²) in [7, 11) is 1.86. The summed E-state index contributed by atoms with van der Waals surface area (Å²) in [5.74, 6) is 2.37. The molecule has 1 spiro atoms. The van der Waals surface area contributed by atoms with Gasteiger partial charge in [0, 0.05) is 48.8 Å². The van der Waals surface area contributed by atoms with Crippen LogP contribution in [0.25, 0.3) is 0 Å². The summed E-state index contributed by atoms with van der Waals surface area (Å²) in [6, 6.07) is 13.5. The summed E-state index contributed by atoms with van der Waals surface area (Å²) in [5, 5.41) is 11.5. The van der Waals surface area contributed by atoms with Crippen LogP contribution in [0.4, 0.5) is 5.69 Å². The number of aryl methyl sites for hydroxylation is 1. The monoisotopic (exact) mass is 659 g/mol. The van der Waals surface area contributed by atoms with Gasteiger partial charge in [0.25, 0.3) is 0 Å². The molecule has 7 nitrogen and oxygen atoms in total. The van der Waals surface area contributed by atoms with Crippen LogP contribution in [0, 0.1) is 17.8 Å². The Bertz CT molecular complexity index is 1600. The molecular weight excluding hydrogens is 618 g/mol. The molecule has 2 heterocycles. The maximum absolute atomic E-state index is 12.0. The molecular formula is C37H42ClN3O4S. The van der Waals surface area contributed by atoms with Crippen molar-refractivity contribution in [1.82, 2.24) is 9.97 Å². The van der Waals surface area contributed by atoms with Gasteiger partial charge in [0.1, 0.15) is 5.75 Å². The number of rotatable bonds is 9. The van der Waals surface area contributed by atoms with E-state index < -0.39 is 5.97 Å². The minimum atomic E-state index is -0.919. The molecule has 4 aliphatic rings. The van der Waals surface area contributed by atoms with Gasteiger partial charge in [-0.1, -0.05) is 35.5 Å². The maximum atomic E-state index is 12.0. The van der Waals surface area contributed by atoms with E-state index in [9.17, 15) is 9.90 Å². The van der Waals surface area contributed by atoms with Gasteiger partial charge in [0.15, 0.2) is 5.16 Å². The summed E-state index contributed by atoms with van der Waals surface area (Å²) in [5.41, 5.74) is 5.05. The number of hydrogen-bond donors (Lipinski definition) is 1. The smallest absolute Gasteiger partial charge is 0.335 e. The number of carbonyl (C=O) groups is 1. The number of ether oxygens (including phenoxy) is 2. The Labute approximate surface area is 280 Å². The largest absolute Gasteiger partial charge is 0.490 e. The van der Waals surface area contributed by atoms with Crippen molar-refractivity contribution in [1.29, 1.82) is 0 Å². The minimum Gasteiger partial charge on any atom is -0.490 e. The van der Waals surface area contributed by atoms with Crippen molar-refractivity contribution >= 4 is 35.0 Å². The molecule has 1 aliphatic heterocycles. The first-order valence-corrected chi connectivity index (χ1v) is 17.9. The highest BCUT2D eigenvalue weighted by molar-refractivity contribution is 7.99. The number of nitrogens with zero attached hydrogens (tertiary/aromatic N) is 3. The number of hydrogen-bond acceptors (Lipinski definition) is 7. The molecule has 2 aromatic carbocycles. The zero-order valence-electron chi connectivity index (χ0n) is 26.4. The lowest BCUT2D eigenvalue weighted by Crippen LogP contribution is -2.50. The molecule has 0 bridgehead atoms. The van der Waals surface area contributed by atoms with E-state index in [0.717, 1.165) is 91.8 Å². The minimum absolute atomic E-state index is 0.115. The average Bonchev–Trinajstić information content (AvgIpc) is 3.22. The number of aromatic carboxylic acids is 1. The van der Waals surface area contributed by atoms with Crippen molar-refractivity contribution in [3.8, 4) is 5.75 Å². The molecule has 7 rings (SSSR count). The van der Waals surface area contributed by atoms with E-state index in [4.69, 9.17) is 21.1 Å². The fourth-order valence-electron chi connectivity index (χ4n) is 8.22. The first kappa shape index (κ1) is 31.5. The normalized spacial score (nSPS) is 26.2. The highest BCUT2D eigenvalue weighted by Crippen LogP contribution is 2.48. The molecule has 1 fully saturated rings. The molecule has 1 unspecified atom stereocenters. The third-order valence-corrected chi connectivity index (χ3v) is 12.1. The summed E-state index contributed by atoms with van der Waals surface area (Å²) >= 11 is 8.18. The van der Waals surface area contributed by atoms with Crippen LogP contribution in [0.1, 0.15) is 66.4 Å². The van der Waals surface area contributed by atoms with Crippen molar-refractivity contribution in [2.75, 3.05) is 37.5 Å². The van der Waals surface area contributed by atoms with Gasteiger partial charge in [0.05, 0.1) is 24.0 Å². The number of thioether (sulfide) groups is 1. The number of aromatic nitrogens is 2. The Hall–Kier alpha value is -3.07. The second-order valence-corrected chi connectivity index (χ2v) is 14.9. The molecule has 1 aromatic heterocycles. The number of fused-ring (bicyclic) bond motifs is 3. The molecule has 1 saturated carbocycles. The zero-order valence-corrected chi connectivity index (χ0v) is 27.9. The van der Waals surface area contributed by atoms with Crippen LogP contribution in [-0.2, 0) is 16.6 Å². The molecule has 242 valence electrons. The van der Waals surface area contributed by atoms with E-state index in [1.165, 1.54) is 16.7 Å². The fourth-order valence-corrected chi connectivity index (χ4v) is 9.38. The lowest BCUT2D eigenvalue weighted by atomic mass is 9.66. The van der Waals surface area contributed by atoms with Gasteiger partial charge >= 0.3 is 5.97 Å². The number of benzene rings is 2. The fraction of sp³-hybridized carbons (Fsp3) is 0.486. The van der Waals surface area contributed by atoms with E-state index in [0.29, 0.717) is 24.4 Å². The second-order valence-electron chi connectivity index (χ2n) is 13.5. The Morgan fingerprint density at radius 2 is 2.04 bits per heavy atom. The van der Waals surface area contributed by atoms with E-state index >= 15 is 0 Å². The number of anilines is 1. The molecule has 3 aliphatic carbocycles. The highest BCUT2D eigenvalue weighted by atomic mass is 35.5. The SMILES string of the molecule is CO[C@@H](C1=CC[C@@H](CSc2ncccn2)CC1)[C@@H]1CC[C@H]1CN1CC2(CCCc3cc(Cl)ccc32)COc2ccc(C(=O)O)cc21. The lowest BCUT2D eigenvalue weighted by molar-refractivity contribution is 0.00323. The molecule has 3 aromatic rings. The molecule has 9 heteroatoms. The standard InChI is InChI=1S/C37H42ClN3O4S/c1-44-34(25-7-5-24(6-8-25)21-46-36-39-16-3-17-40-36)30-12-9-28(30)20-41-22-37(15-2-4-26-18-29(38)11-13-31(26)37)23-45-33-14-10-27(35(42)43)19-32(33)41/h3,7,10-11,13-14,16-19,24,28,30,34H,2,4-6,8-9,12,15,20-23H2,1H3,(H,42,43)/t24-,28+,30-,34+,37?/m1/s1. The Morgan fingerprint density at radius 3 is 2.78 bits per heavy atom. The van der Waals surface area contributed by atoms with Crippen molar-refractivity contribution in [2.45, 2.75) is 68.0 Å². The van der Waals surface area contributed by atoms with Crippen molar-refractivity contribution in [2.24, 2.45) is 17.8 Å². The Balaban J connectivity index is 1.11. The van der Waals surface area contributed by atoms with Gasteiger partial charge in [-0.3, -0.25) is 0 Å². The Kier molecular flexibility index (Phi) is 9.30.